The molecule has 4 unspecified atom stereocenters. The Morgan fingerprint density at radius 2 is 0.622 bits per heavy atom. The molecule has 8 rings (SSSR count). The maximum absolute atomic E-state index is 8.25. The third kappa shape index (κ3) is 14.8. The predicted molar refractivity (Wildman–Crippen MR) is 316 cm³/mol. The molecule has 0 radical (unpaired) electrons. The van der Waals surface area contributed by atoms with E-state index in [1.165, 1.54) is 27.7 Å². The number of rotatable bonds is 8. The normalized spacial score (nSPS) is 21.2. The van der Waals surface area contributed by atoms with Crippen LogP contribution in [0.25, 0.3) is 45.0 Å². The van der Waals surface area contributed by atoms with Crippen LogP contribution in [0.4, 0.5) is 0 Å². The van der Waals surface area contributed by atoms with Crippen LogP contribution in [-0.4, -0.2) is 0 Å². The number of hydrogen-bond acceptors (Lipinski definition) is 0. The molecule has 0 fully saturated rings. The van der Waals surface area contributed by atoms with Crippen molar-refractivity contribution in [3.8, 4) is 45.0 Å². The highest BCUT2D eigenvalue weighted by Crippen LogP contribution is 2.29. The molecule has 74 heavy (non-hydrogen) atoms. The smallest absolute Gasteiger partial charge is 0.201 e. The summed E-state index contributed by atoms with van der Waals surface area (Å²) < 4.78 is 222. The third-order valence-corrected chi connectivity index (χ3v) is 13.0. The number of aromatic nitrogens is 4. The predicted octanol–water partition coefficient (Wildman–Crippen LogP) is 16.3. The van der Waals surface area contributed by atoms with Gasteiger partial charge in [0.25, 0.3) is 0 Å². The minimum atomic E-state index is -2.45. The molecule has 0 amide bonds. The van der Waals surface area contributed by atoms with Gasteiger partial charge in [0.15, 0.2) is 24.8 Å². The maximum atomic E-state index is 8.25. The van der Waals surface area contributed by atoms with Crippen molar-refractivity contribution < 1.29 is 56.6 Å². The van der Waals surface area contributed by atoms with Crippen molar-refractivity contribution in [3.63, 3.8) is 0 Å². The standard InChI is InChI=1S/C19H26N.C18H24N.C17H22N.C16H20N/c1-13(2)16-7-9-18(15(5)11-16)19-10-8-17(14(3)4)12-20(19)6;1-12(2)16-7-8-17(14(4)9-16)18-10-13(3)15(5)11-19(18)6;1-12(2)15-7-9-17(18(5)11-15)16-8-6-13(3)10-14(16)4;1-11-6-7-15(13(3)8-11)16-9-12(2)14(4)10-17(16)5/h7-14H,1-6H3;7-12H,1-6H3;6-12H,1-5H3;6-10H,1-5H3/q4*+1/i1D3,3D3,13D,14D;1D3,5D3,12D;1D3,3D3,12D;1D3,4D3. The number of aryl methyl sites for hydroxylation is 14. The molecule has 0 aliphatic heterocycles. The summed E-state index contributed by atoms with van der Waals surface area (Å²) in [7, 11) is 7.14. The van der Waals surface area contributed by atoms with Crippen molar-refractivity contribution in [2.45, 2.75) is 148 Å². The number of hydrogen-bond donors (Lipinski definition) is 0. The van der Waals surface area contributed by atoms with Gasteiger partial charge in [0.1, 0.15) is 28.2 Å². The first-order valence-corrected chi connectivity index (χ1v) is 24.3. The largest absolute Gasteiger partial charge is 0.212 e. The van der Waals surface area contributed by atoms with Crippen molar-refractivity contribution in [1.29, 1.82) is 0 Å². The number of benzene rings is 4. The lowest BCUT2D eigenvalue weighted by molar-refractivity contribution is -0.661. The van der Waals surface area contributed by atoms with E-state index in [0.717, 1.165) is 67.3 Å². The molecule has 0 bridgehead atoms. The molecule has 4 atom stereocenters. The summed E-state index contributed by atoms with van der Waals surface area (Å²) in [5, 5.41) is 0. The van der Waals surface area contributed by atoms with Crippen LogP contribution in [0.2, 0.25) is 0 Å². The molecule has 388 valence electrons. The van der Waals surface area contributed by atoms with Crippen LogP contribution >= 0.6 is 0 Å². The second-order valence-corrected chi connectivity index (χ2v) is 19.2. The molecule has 4 aromatic carbocycles. The summed E-state index contributed by atoms with van der Waals surface area (Å²) in [6.45, 7) is -1.88. The van der Waals surface area contributed by atoms with E-state index in [2.05, 4.69) is 0 Å². The minimum absolute atomic E-state index is 0.286. The van der Waals surface area contributed by atoms with Gasteiger partial charge in [0, 0.05) is 107 Å². The zero-order valence-corrected chi connectivity index (χ0v) is 45.5. The van der Waals surface area contributed by atoms with E-state index in [1.807, 2.05) is 39.8 Å². The molecule has 4 aromatic heterocycles. The Hall–Kier alpha value is -6.52. The van der Waals surface area contributed by atoms with Crippen LogP contribution < -0.4 is 18.3 Å². The molecule has 0 spiro atoms. The summed E-state index contributed by atoms with van der Waals surface area (Å²) in [6.07, 6.45) is 6.52. The van der Waals surface area contributed by atoms with E-state index >= 15 is 0 Å². The van der Waals surface area contributed by atoms with Gasteiger partial charge in [0.2, 0.25) is 22.8 Å². The van der Waals surface area contributed by atoms with Crippen LogP contribution in [0.15, 0.2) is 134 Å². The molecule has 0 saturated carbocycles. The maximum Gasteiger partial charge on any atom is 0.212 e. The van der Waals surface area contributed by atoms with Gasteiger partial charge in [0.05, 0.1) is 0 Å². The van der Waals surface area contributed by atoms with Crippen molar-refractivity contribution in [3.05, 3.63) is 212 Å². The second kappa shape index (κ2) is 25.6. The lowest BCUT2D eigenvalue weighted by Crippen LogP contribution is -2.31. The second-order valence-electron chi connectivity index (χ2n) is 19.2. The molecule has 0 aliphatic carbocycles. The van der Waals surface area contributed by atoms with Crippen molar-refractivity contribution in [2.24, 2.45) is 28.2 Å². The van der Waals surface area contributed by atoms with E-state index in [-0.39, 0.29) is 5.56 Å². The van der Waals surface area contributed by atoms with Gasteiger partial charge in [-0.15, -0.1) is 0 Å². The minimum Gasteiger partial charge on any atom is -0.201 e. The summed E-state index contributed by atoms with van der Waals surface area (Å²) in [6, 6.07) is 30.8. The van der Waals surface area contributed by atoms with Crippen LogP contribution in [0.5, 0.6) is 0 Å². The Morgan fingerprint density at radius 3 is 0.932 bits per heavy atom. The summed E-state index contributed by atoms with van der Waals surface area (Å²) in [4.78, 5) is 0. The first-order chi connectivity index (χ1) is 45.8. The molecular formula is C70H92N4+4. The Balaban J connectivity index is 0.000000245. The van der Waals surface area contributed by atoms with Crippen molar-refractivity contribution >= 4 is 0 Å². The first-order valence-electron chi connectivity index (χ1n) is 38.3. The first kappa shape index (κ1) is 30.1. The Labute approximate surface area is 488 Å². The molecule has 0 N–H and O–H groups in total. The molecule has 4 heteroatoms. The number of pyridine rings is 4. The van der Waals surface area contributed by atoms with E-state index < -0.39 is 78.4 Å². The van der Waals surface area contributed by atoms with Crippen LogP contribution in [0, 0.1) is 68.9 Å². The van der Waals surface area contributed by atoms with Gasteiger partial charge in [-0.2, -0.15) is 0 Å². The monoisotopic (exact) mass is 1020 g/mol. The van der Waals surface area contributed by atoms with Gasteiger partial charge in [-0.05, 0) is 173 Å². The SMILES string of the molecule is [2H]C([2H])([2H])C([2H])(C)c1ccc(-c2ccc(C([2H])(C)C([2H])([2H])[2H])c[n+]2C)c(C)c1.[2H]C([2H])([2H])c1c[n+](C)c(-c2ccc(C([2H])(C)C([2H])([2H])[2H])cc2C)cc1C.[2H]C([2H])([2H])c1ccc(-c2cc(C)c(C([2H])([2H])[2H])c[n+]2C)c(C)c1.[2H]C([2H])([2H])c1ccc(-c2ccc(C([2H])(C)C([2H])([2H])[2H])c[n+]2C)c(C)c1. The zero-order valence-electron chi connectivity index (χ0n) is 73.5. The summed E-state index contributed by atoms with van der Waals surface area (Å²) in [5.41, 5.74) is 14.3. The number of nitrogens with zero attached hydrogens (tertiary/aromatic N) is 4. The molecule has 8 aromatic rings. The highest BCUT2D eigenvalue weighted by molar-refractivity contribution is 5.65. The molecule has 0 aliphatic rings. The van der Waals surface area contributed by atoms with Gasteiger partial charge >= 0.3 is 0 Å². The topological polar surface area (TPSA) is 15.5 Å². The van der Waals surface area contributed by atoms with Gasteiger partial charge in [-0.3, -0.25) is 0 Å². The fourth-order valence-corrected chi connectivity index (χ4v) is 8.52. The van der Waals surface area contributed by atoms with Crippen molar-refractivity contribution in [1.82, 2.24) is 0 Å². The van der Waals surface area contributed by atoms with Crippen molar-refractivity contribution in [2.75, 3.05) is 0 Å². The van der Waals surface area contributed by atoms with Gasteiger partial charge in [-0.1, -0.05) is 115 Å². The van der Waals surface area contributed by atoms with Crippen LogP contribution in [0.3, 0.4) is 0 Å². The molecule has 4 heterocycles. The highest BCUT2D eigenvalue weighted by atomic mass is 14.9. The van der Waals surface area contributed by atoms with Crippen LogP contribution in [0.1, 0.15) is 195 Å². The lowest BCUT2D eigenvalue weighted by atomic mass is 9.95. The van der Waals surface area contributed by atoms with E-state index in [9.17, 15) is 0 Å². The van der Waals surface area contributed by atoms with E-state index in [1.54, 1.807) is 182 Å². The zero-order chi connectivity index (χ0) is 78.6. The molecule has 0 saturated heterocycles. The van der Waals surface area contributed by atoms with E-state index in [4.69, 9.17) is 38.4 Å². The molecule has 4 nitrogen and oxygen atoms in total. The average molecular weight is 1020 g/mol. The average Bonchev–Trinajstić information content (AvgIpc) is 0.785. The lowest BCUT2D eigenvalue weighted by Gasteiger charge is -2.11. The van der Waals surface area contributed by atoms with Crippen LogP contribution in [-0.2, 0) is 28.2 Å². The van der Waals surface area contributed by atoms with Gasteiger partial charge < -0.3 is 0 Å². The quantitative estimate of drug-likeness (QED) is 0.135. The fourth-order valence-electron chi connectivity index (χ4n) is 8.52. The highest BCUT2D eigenvalue weighted by Gasteiger charge is 2.19. The molecular weight excluding hydrogens is 897 g/mol. The Kier molecular flexibility index (Phi) is 10.4. The van der Waals surface area contributed by atoms with Gasteiger partial charge in [-0.25, -0.2) is 18.3 Å². The van der Waals surface area contributed by atoms with E-state index in [0.29, 0.717) is 50.1 Å². The summed E-state index contributed by atoms with van der Waals surface area (Å²) in [5.74, 6) is -6.84. The third-order valence-electron chi connectivity index (χ3n) is 13.0. The Bertz CT molecular complexity index is 4270. The Morgan fingerprint density at radius 1 is 0.311 bits per heavy atom. The fraction of sp³-hybridized carbons (Fsp3) is 0.371. The summed E-state index contributed by atoms with van der Waals surface area (Å²) >= 11 is 0.